The van der Waals surface area contributed by atoms with Crippen LogP contribution < -0.4 is 5.32 Å². The number of nitrogens with zero attached hydrogens (tertiary/aromatic N) is 3. The summed E-state index contributed by atoms with van der Waals surface area (Å²) in [4.78, 5) is 4.07. The molecule has 6 nitrogen and oxygen atoms in total. The Morgan fingerprint density at radius 1 is 1.60 bits per heavy atom. The molecule has 1 aliphatic heterocycles. The number of aromatic nitrogens is 1. The van der Waals surface area contributed by atoms with Crippen molar-refractivity contribution in [3.05, 3.63) is 22.8 Å². The highest BCUT2D eigenvalue weighted by Crippen LogP contribution is 2.23. The summed E-state index contributed by atoms with van der Waals surface area (Å²) >= 11 is 5.99. The van der Waals surface area contributed by atoms with Crippen LogP contribution in [0.1, 0.15) is 12.5 Å². The van der Waals surface area contributed by atoms with Crippen LogP contribution in [-0.4, -0.2) is 43.1 Å². The van der Waals surface area contributed by atoms with Gasteiger partial charge < -0.3 is 5.32 Å². The molecule has 0 bridgehead atoms. The van der Waals surface area contributed by atoms with Crippen LogP contribution in [0.5, 0.6) is 0 Å². The number of pyridine rings is 1. The van der Waals surface area contributed by atoms with Gasteiger partial charge in [-0.05, 0) is 13.0 Å². The maximum Gasteiger partial charge on any atom is 0.213 e. The van der Waals surface area contributed by atoms with Crippen LogP contribution in [0.25, 0.3) is 0 Å². The molecule has 1 N–H and O–H groups in total. The molecular formula is C12H15ClN4O2S. The molecule has 0 aromatic carbocycles. The quantitative estimate of drug-likeness (QED) is 0.885. The lowest BCUT2D eigenvalue weighted by atomic mass is 10.0. The molecule has 20 heavy (non-hydrogen) atoms. The Morgan fingerprint density at radius 3 is 2.85 bits per heavy atom. The topological polar surface area (TPSA) is 86.1 Å². The van der Waals surface area contributed by atoms with Crippen molar-refractivity contribution in [2.75, 3.05) is 30.7 Å². The normalized spacial score (nSPS) is 16.4. The van der Waals surface area contributed by atoms with Crippen LogP contribution in [0.15, 0.2) is 12.3 Å². The summed E-state index contributed by atoms with van der Waals surface area (Å²) in [5, 5.41) is 12.2. The van der Waals surface area contributed by atoms with Gasteiger partial charge in [-0.25, -0.2) is 17.7 Å². The van der Waals surface area contributed by atoms with Crippen molar-refractivity contribution >= 4 is 27.4 Å². The fraction of sp³-hybridized carbons (Fsp3) is 0.500. The third-order valence-corrected chi connectivity index (χ3v) is 5.31. The van der Waals surface area contributed by atoms with Crippen molar-refractivity contribution in [1.29, 1.82) is 5.26 Å². The van der Waals surface area contributed by atoms with Crippen LogP contribution in [-0.2, 0) is 10.0 Å². The first kappa shape index (κ1) is 15.0. The van der Waals surface area contributed by atoms with Crippen LogP contribution in [0.2, 0.25) is 5.02 Å². The van der Waals surface area contributed by atoms with E-state index in [1.807, 2.05) is 6.07 Å². The van der Waals surface area contributed by atoms with Gasteiger partial charge in [-0.15, -0.1) is 0 Å². The highest BCUT2D eigenvalue weighted by molar-refractivity contribution is 7.89. The average Bonchev–Trinajstić information content (AvgIpc) is 2.38. The standard InChI is InChI=1S/C12H15ClN4O2S/c1-2-20(18,19)17-7-10(8-17)6-16-12-11(13)3-9(4-14)5-15-12/h3,5,10H,2,6-8H2,1H3,(H,15,16). The summed E-state index contributed by atoms with van der Waals surface area (Å²) in [6, 6.07) is 3.51. The molecule has 1 aromatic rings. The first-order valence-corrected chi connectivity index (χ1v) is 8.22. The van der Waals surface area contributed by atoms with E-state index in [1.54, 1.807) is 13.0 Å². The summed E-state index contributed by atoms with van der Waals surface area (Å²) in [5.41, 5.74) is 0.407. The van der Waals surface area contributed by atoms with Crippen LogP contribution in [0.4, 0.5) is 5.82 Å². The molecule has 0 atom stereocenters. The molecular weight excluding hydrogens is 300 g/mol. The second kappa shape index (κ2) is 5.95. The second-order valence-corrected chi connectivity index (χ2v) is 7.30. The smallest absolute Gasteiger partial charge is 0.213 e. The summed E-state index contributed by atoms with van der Waals surface area (Å²) in [6.07, 6.45) is 1.45. The lowest BCUT2D eigenvalue weighted by Gasteiger charge is -2.38. The monoisotopic (exact) mass is 314 g/mol. The summed E-state index contributed by atoms with van der Waals surface area (Å²) in [7, 11) is -3.07. The van der Waals surface area contributed by atoms with E-state index in [9.17, 15) is 8.42 Å². The van der Waals surface area contributed by atoms with E-state index in [-0.39, 0.29) is 11.7 Å². The van der Waals surface area contributed by atoms with E-state index in [2.05, 4.69) is 10.3 Å². The minimum Gasteiger partial charge on any atom is -0.368 e. The molecule has 0 radical (unpaired) electrons. The van der Waals surface area contributed by atoms with Crippen LogP contribution in [0.3, 0.4) is 0 Å². The number of hydrogen-bond donors (Lipinski definition) is 1. The van der Waals surface area contributed by atoms with Crippen molar-refractivity contribution in [2.45, 2.75) is 6.92 Å². The van der Waals surface area contributed by atoms with E-state index in [0.717, 1.165) is 0 Å². The molecule has 0 spiro atoms. The van der Waals surface area contributed by atoms with Crippen molar-refractivity contribution in [3.8, 4) is 6.07 Å². The number of sulfonamides is 1. The molecule has 0 aliphatic carbocycles. The third-order valence-electron chi connectivity index (χ3n) is 3.21. The number of halogens is 1. The number of rotatable bonds is 5. The minimum atomic E-state index is -3.07. The van der Waals surface area contributed by atoms with Crippen molar-refractivity contribution in [1.82, 2.24) is 9.29 Å². The van der Waals surface area contributed by atoms with Gasteiger partial charge in [0.2, 0.25) is 10.0 Å². The maximum atomic E-state index is 11.6. The molecule has 1 saturated heterocycles. The van der Waals surface area contributed by atoms with Gasteiger partial charge in [-0.1, -0.05) is 11.6 Å². The van der Waals surface area contributed by atoms with Gasteiger partial charge >= 0.3 is 0 Å². The lowest BCUT2D eigenvalue weighted by Crippen LogP contribution is -2.52. The van der Waals surface area contributed by atoms with E-state index in [1.165, 1.54) is 10.5 Å². The average molecular weight is 315 g/mol. The van der Waals surface area contributed by atoms with E-state index < -0.39 is 10.0 Å². The highest BCUT2D eigenvalue weighted by atomic mass is 35.5. The van der Waals surface area contributed by atoms with E-state index in [0.29, 0.717) is 36.0 Å². The summed E-state index contributed by atoms with van der Waals surface area (Å²) < 4.78 is 24.6. The Bertz CT molecular complexity index is 635. The summed E-state index contributed by atoms with van der Waals surface area (Å²) in [6.45, 7) is 3.30. The largest absolute Gasteiger partial charge is 0.368 e. The van der Waals surface area contributed by atoms with Gasteiger partial charge in [0.15, 0.2) is 0 Å². The number of nitriles is 1. The van der Waals surface area contributed by atoms with Crippen molar-refractivity contribution < 1.29 is 8.42 Å². The zero-order valence-corrected chi connectivity index (χ0v) is 12.6. The second-order valence-electron chi connectivity index (χ2n) is 4.63. The van der Waals surface area contributed by atoms with E-state index in [4.69, 9.17) is 16.9 Å². The Labute approximate surface area is 123 Å². The van der Waals surface area contributed by atoms with Crippen molar-refractivity contribution in [2.24, 2.45) is 5.92 Å². The molecule has 0 unspecified atom stereocenters. The first-order chi connectivity index (χ1) is 9.46. The van der Waals surface area contributed by atoms with Crippen LogP contribution >= 0.6 is 11.6 Å². The summed E-state index contributed by atoms with van der Waals surface area (Å²) in [5.74, 6) is 0.906. The molecule has 2 heterocycles. The predicted molar refractivity (Wildman–Crippen MR) is 77.0 cm³/mol. The molecule has 8 heteroatoms. The molecule has 1 aliphatic rings. The van der Waals surface area contributed by atoms with Gasteiger partial charge in [0.1, 0.15) is 11.9 Å². The Kier molecular flexibility index (Phi) is 4.48. The molecule has 1 fully saturated rings. The molecule has 0 saturated carbocycles. The fourth-order valence-corrected chi connectivity index (χ4v) is 3.41. The van der Waals surface area contributed by atoms with Gasteiger partial charge in [-0.3, -0.25) is 0 Å². The first-order valence-electron chi connectivity index (χ1n) is 6.23. The SMILES string of the molecule is CCS(=O)(=O)N1CC(CNc2ncc(C#N)cc2Cl)C1. The van der Waals surface area contributed by atoms with E-state index >= 15 is 0 Å². The molecule has 1 aromatic heterocycles. The fourth-order valence-electron chi connectivity index (χ4n) is 1.93. The number of hydrogen-bond acceptors (Lipinski definition) is 5. The zero-order valence-electron chi connectivity index (χ0n) is 11.0. The molecule has 108 valence electrons. The highest BCUT2D eigenvalue weighted by Gasteiger charge is 2.34. The third kappa shape index (κ3) is 3.20. The molecule has 2 rings (SSSR count). The van der Waals surface area contributed by atoms with Crippen molar-refractivity contribution in [3.63, 3.8) is 0 Å². The Hall–Kier alpha value is -1.36. The minimum absolute atomic E-state index is 0.135. The Balaban J connectivity index is 1.85. The maximum absolute atomic E-state index is 11.6. The lowest BCUT2D eigenvalue weighted by molar-refractivity contribution is 0.212. The number of anilines is 1. The predicted octanol–water partition coefficient (Wildman–Crippen LogP) is 1.30. The van der Waals surface area contributed by atoms with Gasteiger partial charge in [0.25, 0.3) is 0 Å². The number of nitrogens with one attached hydrogen (secondary N) is 1. The van der Waals surface area contributed by atoms with Gasteiger partial charge in [0.05, 0.1) is 16.3 Å². The molecule has 0 amide bonds. The van der Waals surface area contributed by atoms with Crippen LogP contribution in [0, 0.1) is 17.2 Å². The van der Waals surface area contributed by atoms with Gasteiger partial charge in [0, 0.05) is 31.7 Å². The van der Waals surface area contributed by atoms with Gasteiger partial charge in [-0.2, -0.15) is 5.26 Å². The zero-order chi connectivity index (χ0) is 14.8. The Morgan fingerprint density at radius 2 is 2.30 bits per heavy atom.